The van der Waals surface area contributed by atoms with Gasteiger partial charge in [0, 0.05) is 14.2 Å². The third kappa shape index (κ3) is 1.66. The lowest BCUT2D eigenvalue weighted by molar-refractivity contribution is 0.0872. The first-order valence-electron chi connectivity index (χ1n) is 5.24. The van der Waals surface area contributed by atoms with Crippen molar-refractivity contribution in [1.29, 1.82) is 0 Å². The van der Waals surface area contributed by atoms with Crippen LogP contribution in [-0.2, 0) is 18.2 Å². The lowest BCUT2D eigenvalue weighted by Gasteiger charge is -2.17. The summed E-state index contributed by atoms with van der Waals surface area (Å²) in [7, 11) is 3.71. The first kappa shape index (κ1) is 9.65. The van der Waals surface area contributed by atoms with Crippen LogP contribution in [0.15, 0.2) is 0 Å². The number of ether oxygens (including phenoxy) is 1. The molecular weight excluding hydrogens is 178 g/mol. The molecule has 78 valence electrons. The van der Waals surface area contributed by atoms with Crippen LogP contribution >= 0.6 is 0 Å². The van der Waals surface area contributed by atoms with Crippen LogP contribution in [0.3, 0.4) is 0 Å². The summed E-state index contributed by atoms with van der Waals surface area (Å²) in [5.41, 5.74) is 2.30. The fourth-order valence-electron chi connectivity index (χ4n) is 2.10. The molecule has 0 fully saturated rings. The van der Waals surface area contributed by atoms with Crippen molar-refractivity contribution in [2.75, 3.05) is 7.11 Å². The van der Waals surface area contributed by atoms with Crippen LogP contribution in [0.25, 0.3) is 0 Å². The number of aromatic nitrogens is 3. The van der Waals surface area contributed by atoms with E-state index in [4.69, 9.17) is 4.74 Å². The highest BCUT2D eigenvalue weighted by Crippen LogP contribution is 2.27. The molecule has 0 radical (unpaired) electrons. The molecule has 1 unspecified atom stereocenters. The normalized spacial score (nSPS) is 22.6. The predicted octanol–water partition coefficient (Wildman–Crippen LogP) is 1.62. The Bertz CT molecular complexity index is 308. The van der Waals surface area contributed by atoms with Crippen molar-refractivity contribution < 1.29 is 4.74 Å². The molecule has 1 aliphatic carbocycles. The Morgan fingerprint density at radius 2 is 2.21 bits per heavy atom. The fourth-order valence-corrected chi connectivity index (χ4v) is 2.10. The fraction of sp³-hybridized carbons (Fsp3) is 0.800. The smallest absolute Gasteiger partial charge is 0.115 e. The van der Waals surface area contributed by atoms with Gasteiger partial charge < -0.3 is 4.74 Å². The van der Waals surface area contributed by atoms with Crippen molar-refractivity contribution in [2.45, 2.75) is 38.2 Å². The van der Waals surface area contributed by atoms with E-state index in [1.54, 1.807) is 7.11 Å². The monoisotopic (exact) mass is 195 g/mol. The highest BCUT2D eigenvalue weighted by Gasteiger charge is 2.21. The van der Waals surface area contributed by atoms with Crippen LogP contribution in [0, 0.1) is 0 Å². The number of hydrogen-bond donors (Lipinski definition) is 0. The molecule has 0 amide bonds. The lowest BCUT2D eigenvalue weighted by Crippen LogP contribution is -2.10. The molecule has 4 heteroatoms. The van der Waals surface area contributed by atoms with Crippen LogP contribution in [0.1, 0.15) is 43.2 Å². The van der Waals surface area contributed by atoms with Gasteiger partial charge in [-0.15, -0.1) is 5.10 Å². The van der Waals surface area contributed by atoms with E-state index in [1.165, 1.54) is 25.0 Å². The Morgan fingerprint density at radius 1 is 1.36 bits per heavy atom. The SMILES string of the molecule is COC1CCCCCc2c1nnn2C. The van der Waals surface area contributed by atoms with Gasteiger partial charge in [0.15, 0.2) is 0 Å². The van der Waals surface area contributed by atoms with Crippen LogP contribution in [-0.4, -0.2) is 22.1 Å². The molecule has 0 spiro atoms. The van der Waals surface area contributed by atoms with Crippen molar-refractivity contribution in [3.8, 4) is 0 Å². The van der Waals surface area contributed by atoms with Crippen molar-refractivity contribution >= 4 is 0 Å². The van der Waals surface area contributed by atoms with Gasteiger partial charge in [-0.2, -0.15) is 0 Å². The van der Waals surface area contributed by atoms with Crippen molar-refractivity contribution in [1.82, 2.24) is 15.0 Å². The molecule has 0 aromatic carbocycles. The minimum atomic E-state index is 0.152. The molecule has 1 heterocycles. The van der Waals surface area contributed by atoms with Gasteiger partial charge in [-0.05, 0) is 19.3 Å². The molecule has 0 bridgehead atoms. The number of hydrogen-bond acceptors (Lipinski definition) is 3. The van der Waals surface area contributed by atoms with E-state index in [1.807, 2.05) is 11.7 Å². The molecule has 2 rings (SSSR count). The Morgan fingerprint density at radius 3 is 3.00 bits per heavy atom. The van der Waals surface area contributed by atoms with Crippen LogP contribution < -0.4 is 0 Å². The van der Waals surface area contributed by atoms with Gasteiger partial charge >= 0.3 is 0 Å². The Kier molecular flexibility index (Phi) is 2.82. The zero-order valence-electron chi connectivity index (χ0n) is 8.86. The van der Waals surface area contributed by atoms with Crippen LogP contribution in [0.4, 0.5) is 0 Å². The van der Waals surface area contributed by atoms with Gasteiger partial charge in [-0.3, -0.25) is 4.68 Å². The largest absolute Gasteiger partial charge is 0.375 e. The van der Waals surface area contributed by atoms with Crippen molar-refractivity contribution in [2.24, 2.45) is 7.05 Å². The van der Waals surface area contributed by atoms with E-state index in [2.05, 4.69) is 10.3 Å². The second-order valence-corrected chi connectivity index (χ2v) is 3.87. The molecule has 0 saturated carbocycles. The summed E-state index contributed by atoms with van der Waals surface area (Å²) in [5, 5.41) is 8.26. The van der Waals surface area contributed by atoms with E-state index in [0.717, 1.165) is 18.5 Å². The number of fused-ring (bicyclic) bond motifs is 1. The minimum Gasteiger partial charge on any atom is -0.375 e. The molecule has 1 atom stereocenters. The number of rotatable bonds is 1. The second kappa shape index (κ2) is 4.09. The maximum absolute atomic E-state index is 5.45. The first-order chi connectivity index (χ1) is 6.83. The summed E-state index contributed by atoms with van der Waals surface area (Å²) in [5.74, 6) is 0. The molecule has 1 aromatic rings. The number of methoxy groups -OCH3 is 1. The summed E-state index contributed by atoms with van der Waals surface area (Å²) in [6, 6.07) is 0. The van der Waals surface area contributed by atoms with E-state index < -0.39 is 0 Å². The van der Waals surface area contributed by atoms with E-state index in [-0.39, 0.29) is 6.10 Å². The lowest BCUT2D eigenvalue weighted by atomic mass is 9.99. The van der Waals surface area contributed by atoms with Gasteiger partial charge in [0.25, 0.3) is 0 Å². The minimum absolute atomic E-state index is 0.152. The Labute approximate surface area is 84.3 Å². The molecule has 0 saturated heterocycles. The van der Waals surface area contributed by atoms with Gasteiger partial charge in [0.1, 0.15) is 11.8 Å². The van der Waals surface area contributed by atoms with Crippen LogP contribution in [0.2, 0.25) is 0 Å². The summed E-state index contributed by atoms with van der Waals surface area (Å²) in [4.78, 5) is 0. The molecule has 0 N–H and O–H groups in total. The quantitative estimate of drug-likeness (QED) is 0.683. The predicted molar refractivity (Wildman–Crippen MR) is 52.9 cm³/mol. The summed E-state index contributed by atoms with van der Waals surface area (Å²) in [6.45, 7) is 0. The highest BCUT2D eigenvalue weighted by molar-refractivity contribution is 5.14. The van der Waals surface area contributed by atoms with Gasteiger partial charge in [-0.25, -0.2) is 0 Å². The van der Waals surface area contributed by atoms with Gasteiger partial charge in [0.2, 0.25) is 0 Å². The van der Waals surface area contributed by atoms with Crippen molar-refractivity contribution in [3.05, 3.63) is 11.4 Å². The van der Waals surface area contributed by atoms with Crippen molar-refractivity contribution in [3.63, 3.8) is 0 Å². The zero-order valence-corrected chi connectivity index (χ0v) is 8.86. The average molecular weight is 195 g/mol. The van der Waals surface area contributed by atoms with E-state index in [9.17, 15) is 0 Å². The van der Waals surface area contributed by atoms with Gasteiger partial charge in [0.05, 0.1) is 5.69 Å². The number of aryl methyl sites for hydroxylation is 1. The highest BCUT2D eigenvalue weighted by atomic mass is 16.5. The third-order valence-corrected chi connectivity index (χ3v) is 2.94. The average Bonchev–Trinajstić information content (AvgIpc) is 2.48. The summed E-state index contributed by atoms with van der Waals surface area (Å²) < 4.78 is 7.33. The molecule has 0 aliphatic heterocycles. The van der Waals surface area contributed by atoms with Crippen LogP contribution in [0.5, 0.6) is 0 Å². The molecular formula is C10H17N3O. The zero-order chi connectivity index (χ0) is 9.97. The second-order valence-electron chi connectivity index (χ2n) is 3.87. The topological polar surface area (TPSA) is 39.9 Å². The van der Waals surface area contributed by atoms with E-state index >= 15 is 0 Å². The standard InChI is InChI=1S/C10H17N3O/c1-13-8-6-4-3-5-7-9(14-2)10(8)11-12-13/h9H,3-7H2,1-2H3. The van der Waals surface area contributed by atoms with E-state index in [0.29, 0.717) is 0 Å². The van der Waals surface area contributed by atoms with Gasteiger partial charge in [-0.1, -0.05) is 18.1 Å². The molecule has 1 aliphatic rings. The molecule has 1 aromatic heterocycles. The molecule has 4 nitrogen and oxygen atoms in total. The maximum atomic E-state index is 5.45. The molecule has 14 heavy (non-hydrogen) atoms. The Hall–Kier alpha value is -0.900. The third-order valence-electron chi connectivity index (χ3n) is 2.94. The number of nitrogens with zero attached hydrogens (tertiary/aromatic N) is 3. The Balaban J connectivity index is 2.32. The first-order valence-corrected chi connectivity index (χ1v) is 5.24. The summed E-state index contributed by atoms with van der Waals surface area (Å²) in [6.07, 6.45) is 6.06. The summed E-state index contributed by atoms with van der Waals surface area (Å²) >= 11 is 0. The maximum Gasteiger partial charge on any atom is 0.115 e.